The molecule has 0 unspecified atom stereocenters. The number of aromatic nitrogens is 1. The maximum Gasteiger partial charge on any atom is 0.416 e. The number of rotatable bonds is 1. The third-order valence-electron chi connectivity index (χ3n) is 3.43. The number of alkyl halides is 3. The van der Waals surface area contributed by atoms with Crippen molar-refractivity contribution in [2.24, 2.45) is 0 Å². The van der Waals surface area contributed by atoms with Crippen LogP contribution >= 0.6 is 15.9 Å². The van der Waals surface area contributed by atoms with Crippen molar-refractivity contribution in [3.05, 3.63) is 62.9 Å². The van der Waals surface area contributed by atoms with E-state index in [1.54, 1.807) is 18.2 Å². The van der Waals surface area contributed by atoms with Crippen LogP contribution in [0.4, 0.5) is 13.2 Å². The van der Waals surface area contributed by atoms with Crippen molar-refractivity contribution in [2.45, 2.75) is 6.18 Å². The molecule has 3 aromatic rings. The number of halogens is 4. The first-order chi connectivity index (χ1) is 10.8. The summed E-state index contributed by atoms with van der Waals surface area (Å²) in [6, 6.07) is 9.15. The van der Waals surface area contributed by atoms with Gasteiger partial charge >= 0.3 is 6.18 Å². The Labute approximate surface area is 136 Å². The summed E-state index contributed by atoms with van der Waals surface area (Å²) >= 11 is 3.25. The number of pyridine rings is 1. The summed E-state index contributed by atoms with van der Waals surface area (Å²) in [4.78, 5) is 14.8. The number of aromatic amines is 1. The average Bonchev–Trinajstić information content (AvgIpc) is 2.48. The van der Waals surface area contributed by atoms with E-state index in [4.69, 9.17) is 0 Å². The molecule has 0 aliphatic carbocycles. The van der Waals surface area contributed by atoms with E-state index < -0.39 is 17.3 Å². The number of benzene rings is 2. The predicted molar refractivity (Wildman–Crippen MR) is 84.4 cm³/mol. The number of hydrogen-bond donors (Lipinski definition) is 2. The fraction of sp³-hybridized carbons (Fsp3) is 0.0625. The van der Waals surface area contributed by atoms with Crippen LogP contribution in [0.15, 0.2) is 51.7 Å². The number of fused-ring (bicyclic) bond motifs is 1. The van der Waals surface area contributed by atoms with Crippen LogP contribution in [0.25, 0.3) is 22.0 Å². The number of aromatic hydroxyl groups is 1. The zero-order valence-electron chi connectivity index (χ0n) is 11.4. The fourth-order valence-corrected chi connectivity index (χ4v) is 2.73. The van der Waals surface area contributed by atoms with Crippen LogP contribution in [0.2, 0.25) is 0 Å². The van der Waals surface area contributed by atoms with Gasteiger partial charge in [0.25, 0.3) is 5.56 Å². The van der Waals surface area contributed by atoms with E-state index in [-0.39, 0.29) is 16.9 Å². The maximum atomic E-state index is 12.8. The quantitative estimate of drug-likeness (QED) is 0.640. The average molecular weight is 384 g/mol. The number of nitrogens with one attached hydrogen (secondary N) is 1. The first-order valence-corrected chi connectivity index (χ1v) is 7.29. The van der Waals surface area contributed by atoms with Gasteiger partial charge in [0.1, 0.15) is 5.75 Å². The van der Waals surface area contributed by atoms with Gasteiger partial charge in [-0.05, 0) is 35.9 Å². The lowest BCUT2D eigenvalue weighted by molar-refractivity contribution is -0.137. The van der Waals surface area contributed by atoms with E-state index in [9.17, 15) is 23.1 Å². The first-order valence-electron chi connectivity index (χ1n) is 6.49. The molecule has 0 radical (unpaired) electrons. The molecule has 0 aliphatic rings. The lowest BCUT2D eigenvalue weighted by atomic mass is 10.0. The minimum atomic E-state index is -4.53. The van der Waals surface area contributed by atoms with Gasteiger partial charge in [0.2, 0.25) is 0 Å². The molecule has 0 saturated carbocycles. The van der Waals surface area contributed by atoms with Gasteiger partial charge in [-0.2, -0.15) is 13.2 Å². The summed E-state index contributed by atoms with van der Waals surface area (Å²) in [7, 11) is 0. The molecule has 0 saturated heterocycles. The molecule has 0 aliphatic heterocycles. The third-order valence-corrected chi connectivity index (χ3v) is 3.92. The van der Waals surface area contributed by atoms with Crippen LogP contribution in [0.5, 0.6) is 5.75 Å². The predicted octanol–water partition coefficient (Wildman–Crippen LogP) is 4.68. The number of hydrogen-bond acceptors (Lipinski definition) is 2. The van der Waals surface area contributed by atoms with Crippen LogP contribution in [0, 0.1) is 0 Å². The summed E-state index contributed by atoms with van der Waals surface area (Å²) in [6.07, 6.45) is -4.53. The van der Waals surface area contributed by atoms with Gasteiger partial charge in [-0.1, -0.05) is 28.1 Å². The van der Waals surface area contributed by atoms with Gasteiger partial charge < -0.3 is 10.1 Å². The zero-order chi connectivity index (χ0) is 16.8. The Bertz CT molecular complexity index is 964. The van der Waals surface area contributed by atoms with Crippen molar-refractivity contribution in [1.29, 1.82) is 0 Å². The van der Waals surface area contributed by atoms with Crippen molar-refractivity contribution in [1.82, 2.24) is 4.98 Å². The summed E-state index contributed by atoms with van der Waals surface area (Å²) in [5.41, 5.74) is -1.34. The van der Waals surface area contributed by atoms with Gasteiger partial charge in [-0.25, -0.2) is 0 Å². The first kappa shape index (κ1) is 15.6. The minimum Gasteiger partial charge on any atom is -0.506 e. The van der Waals surface area contributed by atoms with Crippen molar-refractivity contribution in [2.75, 3.05) is 0 Å². The van der Waals surface area contributed by atoms with E-state index in [1.165, 1.54) is 12.1 Å². The van der Waals surface area contributed by atoms with E-state index in [1.807, 2.05) is 0 Å². The zero-order valence-corrected chi connectivity index (χ0v) is 13.0. The highest BCUT2D eigenvalue weighted by Gasteiger charge is 2.31. The topological polar surface area (TPSA) is 53.1 Å². The van der Waals surface area contributed by atoms with E-state index in [0.717, 1.165) is 12.1 Å². The Kier molecular flexibility index (Phi) is 3.68. The van der Waals surface area contributed by atoms with Crippen LogP contribution in [0.1, 0.15) is 5.56 Å². The van der Waals surface area contributed by atoms with Crippen LogP contribution in [-0.4, -0.2) is 10.1 Å². The Hall–Kier alpha value is -2.28. The fourth-order valence-electron chi connectivity index (χ4n) is 2.37. The lowest BCUT2D eigenvalue weighted by Gasteiger charge is -2.11. The molecule has 0 fully saturated rings. The van der Waals surface area contributed by atoms with Gasteiger partial charge in [-0.15, -0.1) is 0 Å². The van der Waals surface area contributed by atoms with Crippen molar-refractivity contribution >= 4 is 26.8 Å². The summed E-state index contributed by atoms with van der Waals surface area (Å²) in [6.45, 7) is 0. The molecule has 7 heteroatoms. The van der Waals surface area contributed by atoms with E-state index in [0.29, 0.717) is 15.4 Å². The molecule has 0 amide bonds. The Balaban J connectivity index is 2.30. The van der Waals surface area contributed by atoms with Crippen LogP contribution in [0.3, 0.4) is 0 Å². The molecular weight excluding hydrogens is 375 g/mol. The summed E-state index contributed by atoms with van der Waals surface area (Å²) in [5, 5.41) is 10.7. The van der Waals surface area contributed by atoms with Crippen molar-refractivity contribution < 1.29 is 18.3 Å². The van der Waals surface area contributed by atoms with Gasteiger partial charge in [0.05, 0.1) is 16.6 Å². The standard InChI is InChI=1S/C16H9BrF3NO2/c17-10-4-5-12-11(7-10)14(22)13(15(23)21-12)8-2-1-3-9(6-8)16(18,19)20/h1-7H,(H2,21,22,23). The van der Waals surface area contributed by atoms with Gasteiger partial charge in [-0.3, -0.25) is 4.79 Å². The van der Waals surface area contributed by atoms with Crippen LogP contribution < -0.4 is 5.56 Å². The molecule has 0 atom stereocenters. The van der Waals surface area contributed by atoms with E-state index in [2.05, 4.69) is 20.9 Å². The normalized spacial score (nSPS) is 11.8. The maximum absolute atomic E-state index is 12.8. The molecule has 3 rings (SSSR count). The SMILES string of the molecule is O=c1[nH]c2ccc(Br)cc2c(O)c1-c1cccc(C(F)(F)F)c1. The molecule has 1 heterocycles. The van der Waals surface area contributed by atoms with Crippen molar-refractivity contribution in [3.8, 4) is 16.9 Å². The second-order valence-corrected chi connectivity index (χ2v) is 5.86. The minimum absolute atomic E-state index is 0.000417. The highest BCUT2D eigenvalue weighted by Crippen LogP contribution is 2.36. The molecule has 118 valence electrons. The molecule has 1 aromatic heterocycles. The van der Waals surface area contributed by atoms with Crippen LogP contribution in [-0.2, 0) is 6.18 Å². The monoisotopic (exact) mass is 383 g/mol. The van der Waals surface area contributed by atoms with Gasteiger partial charge in [0.15, 0.2) is 0 Å². The molecule has 2 N–H and O–H groups in total. The lowest BCUT2D eigenvalue weighted by Crippen LogP contribution is -2.10. The summed E-state index contributed by atoms with van der Waals surface area (Å²) in [5.74, 6) is -0.357. The molecule has 23 heavy (non-hydrogen) atoms. The Morgan fingerprint density at radius 3 is 2.52 bits per heavy atom. The summed E-state index contributed by atoms with van der Waals surface area (Å²) < 4.78 is 39.2. The number of H-pyrrole nitrogens is 1. The van der Waals surface area contributed by atoms with E-state index >= 15 is 0 Å². The smallest absolute Gasteiger partial charge is 0.416 e. The highest BCUT2D eigenvalue weighted by atomic mass is 79.9. The highest BCUT2D eigenvalue weighted by molar-refractivity contribution is 9.10. The van der Waals surface area contributed by atoms with Crippen molar-refractivity contribution in [3.63, 3.8) is 0 Å². The Morgan fingerprint density at radius 1 is 1.09 bits per heavy atom. The third kappa shape index (κ3) is 2.84. The molecule has 0 bridgehead atoms. The molecule has 2 aromatic carbocycles. The molecular formula is C16H9BrF3NO2. The Morgan fingerprint density at radius 2 is 1.83 bits per heavy atom. The largest absolute Gasteiger partial charge is 0.506 e. The van der Waals surface area contributed by atoms with Gasteiger partial charge in [0, 0.05) is 9.86 Å². The second-order valence-electron chi connectivity index (χ2n) is 4.95. The second kappa shape index (κ2) is 5.42. The molecule has 3 nitrogen and oxygen atoms in total. The molecule has 0 spiro atoms.